The van der Waals surface area contributed by atoms with Gasteiger partial charge in [-0.2, -0.15) is 0 Å². The van der Waals surface area contributed by atoms with Gasteiger partial charge in [-0.1, -0.05) is 12.8 Å². The van der Waals surface area contributed by atoms with Crippen LogP contribution in [0.15, 0.2) is 18.2 Å². The van der Waals surface area contributed by atoms with Crippen molar-refractivity contribution in [3.05, 3.63) is 33.9 Å². The van der Waals surface area contributed by atoms with Crippen molar-refractivity contribution in [3.63, 3.8) is 0 Å². The van der Waals surface area contributed by atoms with Gasteiger partial charge in [-0.05, 0) is 44.2 Å². The molecule has 3 atom stereocenters. The molecule has 2 aliphatic rings. The number of ketones is 1. The van der Waals surface area contributed by atoms with Gasteiger partial charge in [-0.25, -0.2) is 0 Å². The number of nitrogens with zero attached hydrogens (tertiary/aromatic N) is 2. The lowest BCUT2D eigenvalue weighted by atomic mass is 9.84. The maximum absolute atomic E-state index is 11.9. The summed E-state index contributed by atoms with van der Waals surface area (Å²) in [5.41, 5.74) is 6.12. The maximum Gasteiger partial charge on any atom is 0.293 e. The quantitative estimate of drug-likeness (QED) is 0.518. The van der Waals surface area contributed by atoms with Gasteiger partial charge in [0.25, 0.3) is 5.69 Å². The fourth-order valence-corrected chi connectivity index (χ4v) is 4.17. The highest BCUT2D eigenvalue weighted by atomic mass is 16.6. The van der Waals surface area contributed by atoms with Gasteiger partial charge >= 0.3 is 0 Å². The number of nitro groups is 1. The first-order chi connectivity index (χ1) is 11.4. The lowest BCUT2D eigenvalue weighted by Gasteiger charge is -2.34. The van der Waals surface area contributed by atoms with Crippen molar-refractivity contribution in [2.24, 2.45) is 11.7 Å². The van der Waals surface area contributed by atoms with Gasteiger partial charge in [0.1, 0.15) is 11.7 Å². The first kappa shape index (κ1) is 16.4. The van der Waals surface area contributed by atoms with Crippen LogP contribution in [0.25, 0.3) is 0 Å². The van der Waals surface area contributed by atoms with E-state index in [1.165, 1.54) is 13.0 Å². The van der Waals surface area contributed by atoms with Crippen molar-refractivity contribution in [3.8, 4) is 0 Å². The molecule has 1 amide bonds. The highest BCUT2D eigenvalue weighted by Crippen LogP contribution is 2.45. The molecule has 1 saturated heterocycles. The van der Waals surface area contributed by atoms with Gasteiger partial charge in [0.15, 0.2) is 5.78 Å². The zero-order valence-corrected chi connectivity index (χ0v) is 13.6. The third-order valence-electron chi connectivity index (χ3n) is 5.27. The van der Waals surface area contributed by atoms with E-state index in [0.717, 1.165) is 25.7 Å². The molecule has 7 nitrogen and oxygen atoms in total. The number of carbonyl (C=O) groups is 2. The summed E-state index contributed by atoms with van der Waals surface area (Å²) < 4.78 is 0. The minimum absolute atomic E-state index is 0.0955. The Bertz CT molecular complexity index is 703. The Morgan fingerprint density at radius 1 is 1.29 bits per heavy atom. The van der Waals surface area contributed by atoms with Crippen LogP contribution in [0.2, 0.25) is 0 Å². The molecule has 2 fully saturated rings. The van der Waals surface area contributed by atoms with Crippen molar-refractivity contribution in [1.82, 2.24) is 0 Å². The zero-order valence-electron chi connectivity index (χ0n) is 13.6. The van der Waals surface area contributed by atoms with Crippen molar-refractivity contribution in [2.45, 2.75) is 51.1 Å². The number of anilines is 1. The summed E-state index contributed by atoms with van der Waals surface area (Å²) in [5, 5.41) is 11.5. The molecule has 1 aromatic carbocycles. The van der Waals surface area contributed by atoms with E-state index in [4.69, 9.17) is 5.73 Å². The number of amides is 1. The van der Waals surface area contributed by atoms with Gasteiger partial charge in [0, 0.05) is 17.7 Å². The summed E-state index contributed by atoms with van der Waals surface area (Å²) >= 11 is 0. The second kappa shape index (κ2) is 6.22. The van der Waals surface area contributed by atoms with Crippen LogP contribution in [-0.2, 0) is 4.79 Å². The molecule has 2 N–H and O–H groups in total. The molecule has 3 unspecified atom stereocenters. The molecular weight excluding hydrogens is 310 g/mol. The molecule has 1 aromatic rings. The lowest BCUT2D eigenvalue weighted by molar-refractivity contribution is -0.384. The van der Waals surface area contributed by atoms with Crippen LogP contribution in [0.5, 0.6) is 0 Å². The predicted molar refractivity (Wildman–Crippen MR) is 88.9 cm³/mol. The molecule has 24 heavy (non-hydrogen) atoms. The third-order valence-corrected chi connectivity index (χ3v) is 5.27. The maximum atomic E-state index is 11.9. The summed E-state index contributed by atoms with van der Waals surface area (Å²) in [6.45, 7) is 1.37. The topological polar surface area (TPSA) is 107 Å². The smallest absolute Gasteiger partial charge is 0.293 e. The van der Waals surface area contributed by atoms with E-state index >= 15 is 0 Å². The van der Waals surface area contributed by atoms with Crippen molar-refractivity contribution in [2.75, 3.05) is 4.90 Å². The lowest BCUT2D eigenvalue weighted by Crippen LogP contribution is -2.45. The van der Waals surface area contributed by atoms with E-state index in [-0.39, 0.29) is 17.5 Å². The Hall–Kier alpha value is -2.44. The molecule has 1 saturated carbocycles. The number of primary amides is 1. The minimum Gasteiger partial charge on any atom is -0.368 e. The fourth-order valence-electron chi connectivity index (χ4n) is 4.17. The van der Waals surface area contributed by atoms with Crippen LogP contribution in [0, 0.1) is 16.0 Å². The highest BCUT2D eigenvalue weighted by molar-refractivity contribution is 5.96. The number of nitrogens with two attached hydrogens (primary N) is 1. The number of benzene rings is 1. The molecule has 7 heteroatoms. The van der Waals surface area contributed by atoms with Crippen LogP contribution < -0.4 is 10.6 Å². The summed E-state index contributed by atoms with van der Waals surface area (Å²) in [5.74, 6) is -0.342. The molecule has 1 aliphatic heterocycles. The molecule has 1 heterocycles. The Balaban J connectivity index is 2.09. The van der Waals surface area contributed by atoms with E-state index < -0.39 is 16.9 Å². The van der Waals surface area contributed by atoms with Gasteiger partial charge in [-0.3, -0.25) is 19.7 Å². The average molecular weight is 331 g/mol. The summed E-state index contributed by atoms with van der Waals surface area (Å²) in [6.07, 6.45) is 4.73. The second-order valence-electron chi connectivity index (χ2n) is 6.69. The average Bonchev–Trinajstić information content (AvgIpc) is 2.93. The fraction of sp³-hybridized carbons (Fsp3) is 0.529. The van der Waals surface area contributed by atoms with E-state index in [2.05, 4.69) is 0 Å². The van der Waals surface area contributed by atoms with Crippen LogP contribution >= 0.6 is 0 Å². The Morgan fingerprint density at radius 3 is 2.62 bits per heavy atom. The Morgan fingerprint density at radius 2 is 2.00 bits per heavy atom. The third kappa shape index (κ3) is 2.74. The van der Waals surface area contributed by atoms with Gasteiger partial charge in [-0.15, -0.1) is 0 Å². The molecule has 0 aromatic heterocycles. The van der Waals surface area contributed by atoms with Gasteiger partial charge in [0.05, 0.1) is 4.92 Å². The first-order valence-corrected chi connectivity index (χ1v) is 8.27. The summed E-state index contributed by atoms with van der Waals surface area (Å²) in [4.78, 5) is 36.4. The summed E-state index contributed by atoms with van der Waals surface area (Å²) in [6, 6.07) is 4.03. The number of Topliss-reactive ketones (excluding diaryl/α,β-unsaturated/α-hetero) is 1. The molecule has 0 bridgehead atoms. The van der Waals surface area contributed by atoms with Crippen LogP contribution in [-0.4, -0.2) is 28.7 Å². The van der Waals surface area contributed by atoms with Crippen molar-refractivity contribution < 1.29 is 14.5 Å². The van der Waals surface area contributed by atoms with Crippen LogP contribution in [0.4, 0.5) is 11.4 Å². The SMILES string of the molecule is CC(=O)c1ccc(N2C(C(N)=O)CC3CCCCC32)c([N+](=O)[O-])c1. The number of hydrogen-bond donors (Lipinski definition) is 1. The van der Waals surface area contributed by atoms with E-state index in [1.54, 1.807) is 12.1 Å². The zero-order chi connectivity index (χ0) is 17.4. The van der Waals surface area contributed by atoms with Crippen molar-refractivity contribution in [1.29, 1.82) is 0 Å². The van der Waals surface area contributed by atoms with Crippen LogP contribution in [0.1, 0.15) is 49.4 Å². The molecule has 0 radical (unpaired) electrons. The van der Waals surface area contributed by atoms with Crippen LogP contribution in [0.3, 0.4) is 0 Å². The first-order valence-electron chi connectivity index (χ1n) is 8.27. The van der Waals surface area contributed by atoms with Gasteiger partial charge < -0.3 is 10.6 Å². The monoisotopic (exact) mass is 331 g/mol. The number of nitro benzene ring substituents is 1. The van der Waals surface area contributed by atoms with Crippen molar-refractivity contribution >= 4 is 23.1 Å². The second-order valence-corrected chi connectivity index (χ2v) is 6.69. The largest absolute Gasteiger partial charge is 0.368 e. The molecule has 128 valence electrons. The molecular formula is C17H21N3O4. The normalized spacial score (nSPS) is 26.0. The number of hydrogen-bond acceptors (Lipinski definition) is 5. The predicted octanol–water partition coefficient (Wildman–Crippen LogP) is 2.42. The number of carbonyl (C=O) groups excluding carboxylic acids is 2. The van der Waals surface area contributed by atoms with E-state index in [9.17, 15) is 19.7 Å². The summed E-state index contributed by atoms with van der Waals surface area (Å²) in [7, 11) is 0. The molecule has 0 spiro atoms. The van der Waals surface area contributed by atoms with Gasteiger partial charge in [0.2, 0.25) is 5.91 Å². The molecule has 3 rings (SSSR count). The van der Waals surface area contributed by atoms with E-state index in [0.29, 0.717) is 23.6 Å². The Kier molecular flexibility index (Phi) is 4.26. The van der Waals surface area contributed by atoms with E-state index in [1.807, 2.05) is 4.90 Å². The minimum atomic E-state index is -0.528. The Labute approximate surface area is 140 Å². The highest BCUT2D eigenvalue weighted by Gasteiger charge is 2.46. The number of rotatable bonds is 4. The standard InChI is InChI=1S/C17H21N3O4/c1-10(21)11-6-7-14(15(8-11)20(23)24)19-13-5-3-2-4-12(13)9-16(19)17(18)22/h6-8,12-13,16H,2-5,9H2,1H3,(H2,18,22). The molecule has 1 aliphatic carbocycles. The number of fused-ring (bicyclic) bond motifs is 1.